The lowest BCUT2D eigenvalue weighted by Crippen LogP contribution is -2.40. The van der Waals surface area contributed by atoms with Crippen LogP contribution in [0.2, 0.25) is 5.02 Å². The summed E-state index contributed by atoms with van der Waals surface area (Å²) >= 11 is 5.87. The molecule has 1 aliphatic carbocycles. The van der Waals surface area contributed by atoms with Gasteiger partial charge < -0.3 is 10.8 Å². The average Bonchev–Trinajstić information content (AvgIpc) is 2.93. The van der Waals surface area contributed by atoms with Gasteiger partial charge in [-0.05, 0) is 25.0 Å². The molecule has 0 amide bonds. The number of anilines is 1. The van der Waals surface area contributed by atoms with Gasteiger partial charge in [0.25, 0.3) is 0 Å². The molecule has 0 spiro atoms. The number of rotatable bonds is 5. The molecular formula is C13H18ClFN2O3S. The van der Waals surface area contributed by atoms with E-state index in [2.05, 4.69) is 0 Å². The van der Waals surface area contributed by atoms with E-state index in [9.17, 15) is 12.8 Å². The second kappa shape index (κ2) is 6.48. The van der Waals surface area contributed by atoms with E-state index < -0.39 is 15.8 Å². The maximum atomic E-state index is 13.3. The number of nitrogen functional groups attached to an aromatic ring is 1. The highest BCUT2D eigenvalue weighted by Gasteiger charge is 2.34. The molecule has 0 aliphatic heterocycles. The van der Waals surface area contributed by atoms with Crippen LogP contribution in [0.5, 0.6) is 0 Å². The van der Waals surface area contributed by atoms with Crippen molar-refractivity contribution in [3.05, 3.63) is 23.0 Å². The molecule has 0 radical (unpaired) electrons. The van der Waals surface area contributed by atoms with Gasteiger partial charge >= 0.3 is 0 Å². The van der Waals surface area contributed by atoms with E-state index in [1.165, 1.54) is 4.31 Å². The first-order valence-electron chi connectivity index (χ1n) is 6.75. The van der Waals surface area contributed by atoms with E-state index in [0.29, 0.717) is 0 Å². The largest absolute Gasteiger partial charge is 0.396 e. The van der Waals surface area contributed by atoms with Crippen LogP contribution in [0.25, 0.3) is 0 Å². The zero-order valence-electron chi connectivity index (χ0n) is 11.4. The molecule has 2 rings (SSSR count). The number of aliphatic hydroxyl groups is 1. The zero-order chi connectivity index (χ0) is 15.6. The van der Waals surface area contributed by atoms with Crippen molar-refractivity contribution >= 4 is 27.3 Å². The fourth-order valence-corrected chi connectivity index (χ4v) is 4.86. The maximum absolute atomic E-state index is 13.3. The maximum Gasteiger partial charge on any atom is 0.244 e. The molecular weight excluding hydrogens is 319 g/mol. The molecule has 1 saturated carbocycles. The van der Waals surface area contributed by atoms with Crippen LogP contribution >= 0.6 is 11.6 Å². The third-order valence-electron chi connectivity index (χ3n) is 3.69. The van der Waals surface area contributed by atoms with Gasteiger partial charge in [0, 0.05) is 12.6 Å². The second-order valence-corrected chi connectivity index (χ2v) is 7.35. The molecule has 1 aromatic carbocycles. The quantitative estimate of drug-likeness (QED) is 0.805. The summed E-state index contributed by atoms with van der Waals surface area (Å²) in [5.74, 6) is -0.756. The number of nitrogens with two attached hydrogens (primary N) is 1. The molecule has 1 aromatic rings. The van der Waals surface area contributed by atoms with Gasteiger partial charge in [-0.2, -0.15) is 4.31 Å². The fourth-order valence-electron chi connectivity index (χ4n) is 2.66. The van der Waals surface area contributed by atoms with Gasteiger partial charge in [-0.1, -0.05) is 24.4 Å². The summed E-state index contributed by atoms with van der Waals surface area (Å²) in [6.07, 6.45) is 3.38. The van der Waals surface area contributed by atoms with E-state index in [4.69, 9.17) is 22.4 Å². The number of halogens is 2. The minimum absolute atomic E-state index is 0.0133. The van der Waals surface area contributed by atoms with Crippen LogP contribution in [0.1, 0.15) is 25.7 Å². The van der Waals surface area contributed by atoms with Crippen LogP contribution in [0, 0.1) is 5.82 Å². The third kappa shape index (κ3) is 3.31. The summed E-state index contributed by atoms with van der Waals surface area (Å²) in [5, 5.41) is 8.95. The SMILES string of the molecule is Nc1cc(S(=O)(=O)N(CCO)C2CCCC2)c(Cl)cc1F. The van der Waals surface area contributed by atoms with Crippen molar-refractivity contribution in [1.82, 2.24) is 4.31 Å². The molecule has 21 heavy (non-hydrogen) atoms. The molecule has 0 aromatic heterocycles. The Morgan fingerprint density at radius 3 is 2.57 bits per heavy atom. The van der Waals surface area contributed by atoms with E-state index in [1.807, 2.05) is 0 Å². The van der Waals surface area contributed by atoms with Crippen LogP contribution in [-0.4, -0.2) is 37.0 Å². The Balaban J connectivity index is 2.45. The lowest BCUT2D eigenvalue weighted by molar-refractivity contribution is 0.226. The molecule has 5 nitrogen and oxygen atoms in total. The van der Waals surface area contributed by atoms with Crippen molar-refractivity contribution < 1.29 is 17.9 Å². The lowest BCUT2D eigenvalue weighted by Gasteiger charge is -2.27. The molecule has 118 valence electrons. The molecule has 0 bridgehead atoms. The number of benzene rings is 1. The molecule has 1 aliphatic rings. The summed E-state index contributed by atoms with van der Waals surface area (Å²) in [6, 6.07) is 1.77. The lowest BCUT2D eigenvalue weighted by atomic mass is 10.2. The van der Waals surface area contributed by atoms with E-state index in [1.54, 1.807) is 0 Å². The highest BCUT2D eigenvalue weighted by molar-refractivity contribution is 7.89. The summed E-state index contributed by atoms with van der Waals surface area (Å²) in [6.45, 7) is -0.301. The van der Waals surface area contributed by atoms with Gasteiger partial charge in [0.1, 0.15) is 10.7 Å². The topological polar surface area (TPSA) is 83.6 Å². The molecule has 0 unspecified atom stereocenters. The van der Waals surface area contributed by atoms with Crippen molar-refractivity contribution in [3.8, 4) is 0 Å². The fraction of sp³-hybridized carbons (Fsp3) is 0.538. The van der Waals surface area contributed by atoms with Gasteiger partial charge in [-0.3, -0.25) is 0 Å². The first kappa shape index (κ1) is 16.5. The Kier molecular flexibility index (Phi) is 5.08. The zero-order valence-corrected chi connectivity index (χ0v) is 13.0. The van der Waals surface area contributed by atoms with E-state index in [-0.39, 0.29) is 34.8 Å². The summed E-state index contributed by atoms with van der Waals surface area (Å²) in [7, 11) is -3.92. The van der Waals surface area contributed by atoms with Crippen LogP contribution in [-0.2, 0) is 10.0 Å². The molecule has 0 heterocycles. The smallest absolute Gasteiger partial charge is 0.244 e. The van der Waals surface area contributed by atoms with Gasteiger partial charge in [-0.15, -0.1) is 0 Å². The molecule has 8 heteroatoms. The highest BCUT2D eigenvalue weighted by Crippen LogP contribution is 2.33. The summed E-state index contributed by atoms with van der Waals surface area (Å²) in [4.78, 5) is -0.219. The van der Waals surface area contributed by atoms with Crippen molar-refractivity contribution in [2.24, 2.45) is 0 Å². The first-order chi connectivity index (χ1) is 9.87. The molecule has 3 N–H and O–H groups in total. The monoisotopic (exact) mass is 336 g/mol. The molecule has 0 saturated heterocycles. The van der Waals surface area contributed by atoms with Gasteiger partial charge in [0.2, 0.25) is 10.0 Å². The Morgan fingerprint density at radius 1 is 1.38 bits per heavy atom. The predicted octanol–water partition coefficient (Wildman–Crippen LogP) is 1.99. The van der Waals surface area contributed by atoms with E-state index in [0.717, 1.165) is 37.8 Å². The highest BCUT2D eigenvalue weighted by atomic mass is 35.5. The number of sulfonamides is 1. The first-order valence-corrected chi connectivity index (χ1v) is 8.57. The van der Waals surface area contributed by atoms with E-state index >= 15 is 0 Å². The third-order valence-corrected chi connectivity index (χ3v) is 6.11. The Hall–Kier alpha value is -0.890. The number of nitrogens with zero attached hydrogens (tertiary/aromatic N) is 1. The number of aliphatic hydroxyl groups excluding tert-OH is 1. The van der Waals surface area contributed by atoms with Crippen LogP contribution in [0.15, 0.2) is 17.0 Å². The minimum atomic E-state index is -3.92. The van der Waals surface area contributed by atoms with Crippen molar-refractivity contribution in [2.75, 3.05) is 18.9 Å². The Morgan fingerprint density at radius 2 is 2.00 bits per heavy atom. The van der Waals surface area contributed by atoms with Crippen molar-refractivity contribution in [1.29, 1.82) is 0 Å². The number of hydrogen-bond acceptors (Lipinski definition) is 4. The summed E-state index contributed by atoms with van der Waals surface area (Å²) in [5.41, 5.74) is 5.18. The van der Waals surface area contributed by atoms with Gasteiger partial charge in [0.15, 0.2) is 0 Å². The van der Waals surface area contributed by atoms with Crippen molar-refractivity contribution in [2.45, 2.75) is 36.6 Å². The van der Waals surface area contributed by atoms with Crippen LogP contribution < -0.4 is 5.73 Å². The normalized spacial score (nSPS) is 16.8. The summed E-state index contributed by atoms with van der Waals surface area (Å²) < 4.78 is 40.1. The Bertz CT molecular complexity index is 618. The number of hydrogen-bond donors (Lipinski definition) is 2. The van der Waals surface area contributed by atoms with Gasteiger partial charge in [-0.25, -0.2) is 12.8 Å². The van der Waals surface area contributed by atoms with Crippen LogP contribution in [0.3, 0.4) is 0 Å². The molecule has 1 fully saturated rings. The van der Waals surface area contributed by atoms with Gasteiger partial charge in [0.05, 0.1) is 17.3 Å². The van der Waals surface area contributed by atoms with Crippen molar-refractivity contribution in [3.63, 3.8) is 0 Å². The predicted molar refractivity (Wildman–Crippen MR) is 79.1 cm³/mol. The second-order valence-electron chi connectivity index (χ2n) is 5.08. The average molecular weight is 337 g/mol. The van der Waals surface area contributed by atoms with Crippen LogP contribution in [0.4, 0.5) is 10.1 Å². The Labute approximate surface area is 128 Å². The minimum Gasteiger partial charge on any atom is -0.396 e. The molecule has 0 atom stereocenters. The standard InChI is InChI=1S/C13H18ClFN2O3S/c14-10-7-11(15)12(16)8-13(10)21(19,20)17(5-6-18)9-3-1-2-4-9/h7-9,18H,1-6,16H2.